The van der Waals surface area contributed by atoms with E-state index in [-0.39, 0.29) is 0 Å². The lowest BCUT2D eigenvalue weighted by atomic mass is 10.2. The summed E-state index contributed by atoms with van der Waals surface area (Å²) in [5, 5.41) is 2.32. The summed E-state index contributed by atoms with van der Waals surface area (Å²) in [6.45, 7) is 0. The summed E-state index contributed by atoms with van der Waals surface area (Å²) in [5.41, 5.74) is 2.79. The smallest absolute Gasteiger partial charge is 0.0598 e. The first-order chi connectivity index (χ1) is 9.86. The molecule has 20 heavy (non-hydrogen) atoms. The van der Waals surface area contributed by atoms with E-state index in [4.69, 9.17) is 0 Å². The molecule has 0 spiro atoms. The standard InChI is InChI=1S/C18H18S2/c1-19-18-12-16(13-20-18)17-11-15(17)10-6-5-9-14-7-3-2-4-8-14/h2-10,12-13,15,17H,11H2,1H3/b9-5+,10-6+. The minimum absolute atomic E-state index is 0.736. The van der Waals surface area contributed by atoms with E-state index < -0.39 is 0 Å². The fourth-order valence-corrected chi connectivity index (χ4v) is 3.86. The monoisotopic (exact) mass is 298 g/mol. The summed E-state index contributed by atoms with van der Waals surface area (Å²) >= 11 is 3.71. The van der Waals surface area contributed by atoms with Gasteiger partial charge in [0.25, 0.3) is 0 Å². The van der Waals surface area contributed by atoms with Gasteiger partial charge in [0.05, 0.1) is 4.21 Å². The van der Waals surface area contributed by atoms with E-state index in [9.17, 15) is 0 Å². The van der Waals surface area contributed by atoms with Crippen LogP contribution in [0.5, 0.6) is 0 Å². The van der Waals surface area contributed by atoms with Crippen LogP contribution in [0.3, 0.4) is 0 Å². The van der Waals surface area contributed by atoms with E-state index in [2.05, 4.69) is 66.3 Å². The maximum atomic E-state index is 2.35. The van der Waals surface area contributed by atoms with Gasteiger partial charge in [-0.2, -0.15) is 0 Å². The van der Waals surface area contributed by atoms with Gasteiger partial charge in [0.15, 0.2) is 0 Å². The quantitative estimate of drug-likeness (QED) is 0.493. The molecule has 2 unspecified atom stereocenters. The molecule has 0 radical (unpaired) electrons. The molecule has 0 N–H and O–H groups in total. The van der Waals surface area contributed by atoms with Crippen LogP contribution in [0.1, 0.15) is 23.5 Å². The Morgan fingerprint density at radius 2 is 2.05 bits per heavy atom. The van der Waals surface area contributed by atoms with Crippen molar-refractivity contribution >= 4 is 29.2 Å². The molecule has 1 aromatic carbocycles. The highest BCUT2D eigenvalue weighted by atomic mass is 32.2. The Balaban J connectivity index is 1.53. The Bertz CT molecular complexity index is 607. The van der Waals surface area contributed by atoms with E-state index in [0.29, 0.717) is 0 Å². The van der Waals surface area contributed by atoms with Gasteiger partial charge in [0, 0.05) is 0 Å². The molecule has 1 aromatic heterocycles. The molecule has 102 valence electrons. The molecule has 1 aliphatic rings. The van der Waals surface area contributed by atoms with Crippen LogP contribution in [0.15, 0.2) is 64.2 Å². The van der Waals surface area contributed by atoms with Crippen molar-refractivity contribution in [3.05, 3.63) is 71.1 Å². The molecular formula is C18H18S2. The van der Waals surface area contributed by atoms with Crippen molar-refractivity contribution in [1.29, 1.82) is 0 Å². The van der Waals surface area contributed by atoms with Gasteiger partial charge in [0.1, 0.15) is 0 Å². The van der Waals surface area contributed by atoms with Crippen LogP contribution in [0.4, 0.5) is 0 Å². The molecule has 1 saturated carbocycles. The Kier molecular flexibility index (Phi) is 4.44. The molecular weight excluding hydrogens is 280 g/mol. The molecule has 3 rings (SSSR count). The van der Waals surface area contributed by atoms with Crippen LogP contribution in [-0.4, -0.2) is 6.26 Å². The van der Waals surface area contributed by atoms with Gasteiger partial charge in [0.2, 0.25) is 0 Å². The zero-order valence-corrected chi connectivity index (χ0v) is 13.2. The number of allylic oxidation sites excluding steroid dienone is 3. The Hall–Kier alpha value is -1.25. The minimum Gasteiger partial charge on any atom is -0.137 e. The largest absolute Gasteiger partial charge is 0.137 e. The highest BCUT2D eigenvalue weighted by Crippen LogP contribution is 2.50. The van der Waals surface area contributed by atoms with Crippen molar-refractivity contribution in [2.24, 2.45) is 5.92 Å². The predicted molar refractivity (Wildman–Crippen MR) is 91.6 cm³/mol. The number of hydrogen-bond donors (Lipinski definition) is 0. The predicted octanol–water partition coefficient (Wildman–Crippen LogP) is 5.84. The van der Waals surface area contributed by atoms with Crippen molar-refractivity contribution in [2.75, 3.05) is 6.26 Å². The number of benzene rings is 1. The van der Waals surface area contributed by atoms with Gasteiger partial charge in [-0.25, -0.2) is 0 Å². The Morgan fingerprint density at radius 1 is 1.20 bits per heavy atom. The molecule has 2 aromatic rings. The first-order valence-electron chi connectivity index (χ1n) is 6.89. The summed E-state index contributed by atoms with van der Waals surface area (Å²) < 4.78 is 1.43. The topological polar surface area (TPSA) is 0 Å². The summed E-state index contributed by atoms with van der Waals surface area (Å²) in [6.07, 6.45) is 12.3. The maximum Gasteiger partial charge on any atom is 0.0598 e. The molecule has 1 fully saturated rings. The van der Waals surface area contributed by atoms with Crippen molar-refractivity contribution in [3.63, 3.8) is 0 Å². The zero-order chi connectivity index (χ0) is 13.8. The van der Waals surface area contributed by atoms with Crippen molar-refractivity contribution < 1.29 is 0 Å². The maximum absolute atomic E-state index is 2.35. The lowest BCUT2D eigenvalue weighted by Crippen LogP contribution is -1.75. The first kappa shape index (κ1) is 13.7. The average molecular weight is 298 g/mol. The number of hydrogen-bond acceptors (Lipinski definition) is 2. The van der Waals surface area contributed by atoms with E-state index in [1.807, 2.05) is 29.2 Å². The third-order valence-corrected chi connectivity index (χ3v) is 5.67. The molecule has 0 amide bonds. The summed E-state index contributed by atoms with van der Waals surface area (Å²) in [6, 6.07) is 12.8. The second-order valence-electron chi connectivity index (χ2n) is 5.06. The van der Waals surface area contributed by atoms with Crippen LogP contribution in [-0.2, 0) is 0 Å². The van der Waals surface area contributed by atoms with Gasteiger partial charge in [-0.3, -0.25) is 0 Å². The second-order valence-corrected chi connectivity index (χ2v) is 7.08. The number of rotatable bonds is 5. The van der Waals surface area contributed by atoms with Gasteiger partial charge < -0.3 is 0 Å². The fourth-order valence-electron chi connectivity index (χ4n) is 2.38. The molecule has 2 atom stereocenters. The average Bonchev–Trinajstić information content (AvgIpc) is 3.10. The van der Waals surface area contributed by atoms with E-state index in [1.54, 1.807) is 0 Å². The molecule has 0 saturated heterocycles. The number of thiophene rings is 1. The molecule has 1 heterocycles. The van der Waals surface area contributed by atoms with Gasteiger partial charge in [-0.1, -0.05) is 54.6 Å². The van der Waals surface area contributed by atoms with Crippen LogP contribution in [0.25, 0.3) is 6.08 Å². The third kappa shape index (κ3) is 3.44. The Morgan fingerprint density at radius 3 is 2.80 bits per heavy atom. The van der Waals surface area contributed by atoms with Crippen molar-refractivity contribution in [1.82, 2.24) is 0 Å². The van der Waals surface area contributed by atoms with Crippen molar-refractivity contribution in [3.8, 4) is 0 Å². The van der Waals surface area contributed by atoms with E-state index in [1.165, 1.54) is 21.8 Å². The summed E-state index contributed by atoms with van der Waals surface area (Å²) in [7, 11) is 0. The molecule has 0 bridgehead atoms. The van der Waals surface area contributed by atoms with Gasteiger partial charge in [-0.05, 0) is 47.1 Å². The zero-order valence-electron chi connectivity index (χ0n) is 11.5. The lowest BCUT2D eigenvalue weighted by Gasteiger charge is -1.91. The number of thioether (sulfide) groups is 1. The molecule has 1 aliphatic carbocycles. The van der Waals surface area contributed by atoms with Crippen LogP contribution < -0.4 is 0 Å². The molecule has 0 aliphatic heterocycles. The van der Waals surface area contributed by atoms with Gasteiger partial charge >= 0.3 is 0 Å². The van der Waals surface area contributed by atoms with Crippen LogP contribution in [0.2, 0.25) is 0 Å². The second kappa shape index (κ2) is 6.47. The lowest BCUT2D eigenvalue weighted by molar-refractivity contribution is 1.02. The normalized spacial score (nSPS) is 21.9. The van der Waals surface area contributed by atoms with Crippen LogP contribution >= 0.6 is 23.1 Å². The summed E-state index contributed by atoms with van der Waals surface area (Å²) in [5.74, 6) is 1.49. The van der Waals surface area contributed by atoms with E-state index >= 15 is 0 Å². The van der Waals surface area contributed by atoms with Crippen LogP contribution in [0, 0.1) is 5.92 Å². The SMILES string of the molecule is CSc1cc(C2CC2/C=C/C=C/c2ccccc2)cs1. The third-order valence-electron chi connectivity index (χ3n) is 3.62. The van der Waals surface area contributed by atoms with Gasteiger partial charge in [-0.15, -0.1) is 23.1 Å². The molecule has 2 heteroatoms. The highest BCUT2D eigenvalue weighted by Gasteiger charge is 2.36. The minimum atomic E-state index is 0.736. The summed E-state index contributed by atoms with van der Waals surface area (Å²) in [4.78, 5) is 0. The first-order valence-corrected chi connectivity index (χ1v) is 8.99. The molecule has 0 nitrogen and oxygen atoms in total. The Labute approximate surface area is 129 Å². The fraction of sp³-hybridized carbons (Fsp3) is 0.222. The highest BCUT2D eigenvalue weighted by molar-refractivity contribution is 8.00. The van der Waals surface area contributed by atoms with Crippen molar-refractivity contribution in [2.45, 2.75) is 16.5 Å². The van der Waals surface area contributed by atoms with E-state index in [0.717, 1.165) is 11.8 Å².